The number of nitrogens with two attached hydrogens (primary N) is 1. The van der Waals surface area contributed by atoms with E-state index in [-0.39, 0.29) is 0 Å². The van der Waals surface area contributed by atoms with Crippen LogP contribution in [0.5, 0.6) is 0 Å². The van der Waals surface area contributed by atoms with Gasteiger partial charge in [0, 0.05) is 25.3 Å². The molecule has 0 aliphatic heterocycles. The second-order valence-electron chi connectivity index (χ2n) is 3.69. The summed E-state index contributed by atoms with van der Waals surface area (Å²) in [5, 5.41) is 11.1. The van der Waals surface area contributed by atoms with Crippen LogP contribution in [0.15, 0.2) is 18.2 Å². The molecule has 0 unspecified atom stereocenters. The van der Waals surface area contributed by atoms with Crippen LogP contribution in [0.1, 0.15) is 5.56 Å². The van der Waals surface area contributed by atoms with Crippen molar-refractivity contribution in [3.05, 3.63) is 23.8 Å². The molecule has 2 aromatic rings. The van der Waals surface area contributed by atoms with E-state index < -0.39 is 0 Å². The highest BCUT2D eigenvalue weighted by Crippen LogP contribution is 2.27. The topological polar surface area (TPSA) is 68.8 Å². The van der Waals surface area contributed by atoms with Crippen LogP contribution in [0.3, 0.4) is 0 Å². The average molecular weight is 217 g/mol. The molecule has 3 N–H and O–H groups in total. The van der Waals surface area contributed by atoms with Gasteiger partial charge in [-0.2, -0.15) is 0 Å². The van der Waals surface area contributed by atoms with E-state index >= 15 is 0 Å². The van der Waals surface area contributed by atoms with Gasteiger partial charge in [-0.1, -0.05) is 12.1 Å². The highest BCUT2D eigenvalue weighted by molar-refractivity contribution is 5.74. The van der Waals surface area contributed by atoms with Gasteiger partial charge in [-0.05, 0) is 18.6 Å². The third-order valence-electron chi connectivity index (χ3n) is 2.66. The van der Waals surface area contributed by atoms with Crippen LogP contribution in [-0.2, 0) is 7.05 Å². The SMILES string of the molecule is CNc1nnc(-c2cccc(C)c2N)n1C. The summed E-state index contributed by atoms with van der Waals surface area (Å²) in [6.07, 6.45) is 0. The summed E-state index contributed by atoms with van der Waals surface area (Å²) < 4.78 is 1.88. The smallest absolute Gasteiger partial charge is 0.224 e. The van der Waals surface area contributed by atoms with Crippen LogP contribution >= 0.6 is 0 Å². The number of para-hydroxylation sites is 1. The summed E-state index contributed by atoms with van der Waals surface area (Å²) in [6, 6.07) is 5.90. The molecule has 0 radical (unpaired) electrons. The van der Waals surface area contributed by atoms with Crippen molar-refractivity contribution in [2.24, 2.45) is 7.05 Å². The lowest BCUT2D eigenvalue weighted by atomic mass is 10.1. The molecule has 5 heteroatoms. The third-order valence-corrected chi connectivity index (χ3v) is 2.66. The Kier molecular flexibility index (Phi) is 2.52. The second-order valence-corrected chi connectivity index (χ2v) is 3.69. The van der Waals surface area contributed by atoms with Gasteiger partial charge in [-0.25, -0.2) is 0 Å². The van der Waals surface area contributed by atoms with Crippen LogP contribution < -0.4 is 11.1 Å². The zero-order valence-electron chi connectivity index (χ0n) is 9.65. The molecule has 84 valence electrons. The van der Waals surface area contributed by atoms with E-state index in [1.54, 1.807) is 0 Å². The number of nitrogens with one attached hydrogen (secondary N) is 1. The van der Waals surface area contributed by atoms with Crippen LogP contribution in [-0.4, -0.2) is 21.8 Å². The maximum atomic E-state index is 6.03. The maximum absolute atomic E-state index is 6.03. The molecule has 1 heterocycles. The summed E-state index contributed by atoms with van der Waals surface area (Å²) >= 11 is 0. The van der Waals surface area contributed by atoms with Gasteiger partial charge in [0.1, 0.15) is 0 Å². The number of benzene rings is 1. The summed E-state index contributed by atoms with van der Waals surface area (Å²) in [7, 11) is 3.72. The van der Waals surface area contributed by atoms with Gasteiger partial charge in [0.05, 0.1) is 0 Å². The van der Waals surface area contributed by atoms with Gasteiger partial charge in [0.15, 0.2) is 5.82 Å². The Hall–Kier alpha value is -2.04. The first-order chi connectivity index (χ1) is 7.65. The predicted molar refractivity (Wildman–Crippen MR) is 65.1 cm³/mol. The van der Waals surface area contributed by atoms with E-state index in [2.05, 4.69) is 15.5 Å². The minimum Gasteiger partial charge on any atom is -0.398 e. The number of nitrogen functional groups attached to an aromatic ring is 1. The number of nitrogens with zero attached hydrogens (tertiary/aromatic N) is 3. The van der Waals surface area contributed by atoms with E-state index in [1.165, 1.54) is 0 Å². The molecule has 0 bridgehead atoms. The lowest BCUT2D eigenvalue weighted by Crippen LogP contribution is -2.01. The number of aryl methyl sites for hydroxylation is 1. The molecule has 16 heavy (non-hydrogen) atoms. The maximum Gasteiger partial charge on any atom is 0.224 e. The highest BCUT2D eigenvalue weighted by atomic mass is 15.3. The lowest BCUT2D eigenvalue weighted by Gasteiger charge is -2.08. The molecule has 1 aromatic heterocycles. The Bertz CT molecular complexity index is 515. The first-order valence-electron chi connectivity index (χ1n) is 5.07. The van der Waals surface area contributed by atoms with Crippen LogP contribution in [0.2, 0.25) is 0 Å². The average Bonchev–Trinajstić information content (AvgIpc) is 2.64. The standard InChI is InChI=1S/C11H15N5/c1-7-5-4-6-8(9(7)12)10-14-15-11(13-2)16(10)3/h4-6H,12H2,1-3H3,(H,13,15). The molecule has 1 aromatic carbocycles. The lowest BCUT2D eigenvalue weighted by molar-refractivity contribution is 0.925. The molecule has 0 fully saturated rings. The normalized spacial score (nSPS) is 10.4. The van der Waals surface area contributed by atoms with Crippen molar-refractivity contribution in [2.75, 3.05) is 18.1 Å². The highest BCUT2D eigenvalue weighted by Gasteiger charge is 2.12. The first kappa shape index (κ1) is 10.5. The second kappa shape index (κ2) is 3.84. The van der Waals surface area contributed by atoms with Crippen molar-refractivity contribution in [1.82, 2.24) is 14.8 Å². The summed E-state index contributed by atoms with van der Waals surface area (Å²) in [4.78, 5) is 0. The van der Waals surface area contributed by atoms with Crippen molar-refractivity contribution in [2.45, 2.75) is 6.92 Å². The van der Waals surface area contributed by atoms with Crippen molar-refractivity contribution in [3.63, 3.8) is 0 Å². The number of hydrogen-bond acceptors (Lipinski definition) is 4. The number of rotatable bonds is 2. The largest absolute Gasteiger partial charge is 0.398 e. The zero-order chi connectivity index (χ0) is 11.7. The molecule has 0 saturated carbocycles. The van der Waals surface area contributed by atoms with E-state index in [4.69, 9.17) is 5.73 Å². The Morgan fingerprint density at radius 1 is 1.31 bits per heavy atom. The Balaban J connectivity index is 2.59. The monoisotopic (exact) mass is 217 g/mol. The summed E-state index contributed by atoms with van der Waals surface area (Å²) in [5.41, 5.74) is 8.74. The van der Waals surface area contributed by atoms with E-state index in [1.807, 2.05) is 43.8 Å². The van der Waals surface area contributed by atoms with E-state index in [9.17, 15) is 0 Å². The van der Waals surface area contributed by atoms with Gasteiger partial charge in [0.2, 0.25) is 5.95 Å². The van der Waals surface area contributed by atoms with Crippen molar-refractivity contribution >= 4 is 11.6 Å². The van der Waals surface area contributed by atoms with Gasteiger partial charge in [-0.3, -0.25) is 4.57 Å². The number of anilines is 2. The minimum atomic E-state index is 0.718. The molecule has 0 atom stereocenters. The molecule has 0 amide bonds. The van der Waals surface area contributed by atoms with E-state index in [0.717, 1.165) is 28.6 Å². The fourth-order valence-electron chi connectivity index (χ4n) is 1.66. The van der Waals surface area contributed by atoms with Gasteiger partial charge < -0.3 is 11.1 Å². The van der Waals surface area contributed by atoms with Crippen molar-refractivity contribution in [1.29, 1.82) is 0 Å². The Morgan fingerprint density at radius 2 is 2.06 bits per heavy atom. The molecule has 2 rings (SSSR count). The molecular formula is C11H15N5. The van der Waals surface area contributed by atoms with Crippen molar-refractivity contribution < 1.29 is 0 Å². The minimum absolute atomic E-state index is 0.718. The molecule has 0 aliphatic rings. The third kappa shape index (κ3) is 1.50. The quantitative estimate of drug-likeness (QED) is 0.746. The molecule has 0 spiro atoms. The van der Waals surface area contributed by atoms with Crippen LogP contribution in [0.4, 0.5) is 11.6 Å². The molecule has 0 aliphatic carbocycles. The summed E-state index contributed by atoms with van der Waals surface area (Å²) in [5.74, 6) is 1.49. The fourth-order valence-corrected chi connectivity index (χ4v) is 1.66. The van der Waals surface area contributed by atoms with Gasteiger partial charge in [0.25, 0.3) is 0 Å². The number of aromatic nitrogens is 3. The van der Waals surface area contributed by atoms with Crippen LogP contribution in [0, 0.1) is 6.92 Å². The molecule has 0 saturated heterocycles. The number of hydrogen-bond donors (Lipinski definition) is 2. The Labute approximate surface area is 94.3 Å². The van der Waals surface area contributed by atoms with Crippen LogP contribution in [0.25, 0.3) is 11.4 Å². The van der Waals surface area contributed by atoms with Crippen molar-refractivity contribution in [3.8, 4) is 11.4 Å². The molecular weight excluding hydrogens is 202 g/mol. The fraction of sp³-hybridized carbons (Fsp3) is 0.273. The van der Waals surface area contributed by atoms with Gasteiger partial charge in [-0.15, -0.1) is 10.2 Å². The molecule has 5 nitrogen and oxygen atoms in total. The first-order valence-corrected chi connectivity index (χ1v) is 5.07. The zero-order valence-corrected chi connectivity index (χ0v) is 9.65. The summed E-state index contributed by atoms with van der Waals surface area (Å²) in [6.45, 7) is 1.98. The van der Waals surface area contributed by atoms with Gasteiger partial charge >= 0.3 is 0 Å². The predicted octanol–water partition coefficient (Wildman–Crippen LogP) is 1.41. The van der Waals surface area contributed by atoms with E-state index in [0.29, 0.717) is 0 Å². The Morgan fingerprint density at radius 3 is 2.69 bits per heavy atom.